The predicted octanol–water partition coefficient (Wildman–Crippen LogP) is 3.46. The van der Waals surface area contributed by atoms with E-state index < -0.39 is 5.91 Å². The molecule has 132 valence electrons. The number of piperidine rings is 1. The Hall–Kier alpha value is -3.15. The van der Waals surface area contributed by atoms with Crippen LogP contribution in [0, 0.1) is 0 Å². The summed E-state index contributed by atoms with van der Waals surface area (Å²) in [5.41, 5.74) is 9.06. The summed E-state index contributed by atoms with van der Waals surface area (Å²) in [5, 5.41) is 3.18. The van der Waals surface area contributed by atoms with Crippen LogP contribution in [0.15, 0.2) is 48.5 Å². The van der Waals surface area contributed by atoms with E-state index in [0.29, 0.717) is 16.9 Å². The molecule has 0 unspecified atom stereocenters. The summed E-state index contributed by atoms with van der Waals surface area (Å²) in [6, 6.07) is 15.6. The zero-order chi connectivity index (χ0) is 17.9. The second-order valence-corrected chi connectivity index (χ2v) is 6.49. The smallest absolute Gasteiger partial charge is 0.271 e. The molecule has 0 atom stereocenters. The number of nitrogens with two attached hydrogens (primary N) is 1. The van der Waals surface area contributed by atoms with Crippen molar-refractivity contribution in [3.05, 3.63) is 54.2 Å². The third kappa shape index (κ3) is 3.31. The fourth-order valence-corrected chi connectivity index (χ4v) is 3.30. The van der Waals surface area contributed by atoms with Crippen molar-refractivity contribution in [2.45, 2.75) is 19.3 Å². The first-order chi connectivity index (χ1) is 12.7. The van der Waals surface area contributed by atoms with Crippen LogP contribution in [0.4, 0.5) is 17.2 Å². The highest BCUT2D eigenvalue weighted by Crippen LogP contribution is 2.25. The molecule has 3 aromatic rings. The Morgan fingerprint density at radius 3 is 2.23 bits per heavy atom. The van der Waals surface area contributed by atoms with Gasteiger partial charge >= 0.3 is 0 Å². The maximum Gasteiger partial charge on any atom is 0.271 e. The molecule has 0 bridgehead atoms. The minimum absolute atomic E-state index is 0.142. The second-order valence-electron chi connectivity index (χ2n) is 6.49. The quantitative estimate of drug-likeness (QED) is 0.755. The number of benzene rings is 2. The first-order valence-electron chi connectivity index (χ1n) is 8.89. The normalized spacial score (nSPS) is 14.4. The van der Waals surface area contributed by atoms with Crippen LogP contribution >= 0.6 is 0 Å². The lowest BCUT2D eigenvalue weighted by molar-refractivity contribution is 0.0996. The van der Waals surface area contributed by atoms with Crippen LogP contribution in [0.25, 0.3) is 11.0 Å². The van der Waals surface area contributed by atoms with Crippen molar-refractivity contribution in [2.24, 2.45) is 5.73 Å². The molecule has 3 N–H and O–H groups in total. The summed E-state index contributed by atoms with van der Waals surface area (Å²) in [6.45, 7) is 2.21. The van der Waals surface area contributed by atoms with Crippen LogP contribution in [0.2, 0.25) is 0 Å². The summed E-state index contributed by atoms with van der Waals surface area (Å²) in [6.07, 6.45) is 3.80. The zero-order valence-electron chi connectivity index (χ0n) is 14.5. The number of carbonyl (C=O) groups excluding carboxylic acids is 1. The molecular formula is C20H21N5O. The lowest BCUT2D eigenvalue weighted by atomic mass is 10.1. The maximum absolute atomic E-state index is 11.8. The highest BCUT2D eigenvalue weighted by Gasteiger charge is 2.15. The van der Waals surface area contributed by atoms with Gasteiger partial charge in [-0.15, -0.1) is 0 Å². The molecular weight excluding hydrogens is 326 g/mol. The molecule has 1 amide bonds. The van der Waals surface area contributed by atoms with Gasteiger partial charge in [-0.05, 0) is 55.7 Å². The summed E-state index contributed by atoms with van der Waals surface area (Å²) in [4.78, 5) is 23.1. The van der Waals surface area contributed by atoms with Crippen LogP contribution in [-0.4, -0.2) is 29.0 Å². The van der Waals surface area contributed by atoms with Gasteiger partial charge in [0.25, 0.3) is 5.91 Å². The van der Waals surface area contributed by atoms with Crippen molar-refractivity contribution in [1.82, 2.24) is 9.97 Å². The number of anilines is 3. The molecule has 2 aromatic carbocycles. The van der Waals surface area contributed by atoms with Gasteiger partial charge in [0.05, 0.1) is 11.0 Å². The maximum atomic E-state index is 11.8. The summed E-state index contributed by atoms with van der Waals surface area (Å²) >= 11 is 0. The molecule has 1 aliphatic rings. The van der Waals surface area contributed by atoms with E-state index in [0.717, 1.165) is 18.8 Å². The molecule has 6 nitrogen and oxygen atoms in total. The monoisotopic (exact) mass is 347 g/mol. The van der Waals surface area contributed by atoms with E-state index in [-0.39, 0.29) is 5.69 Å². The number of nitrogens with zero attached hydrogens (tertiary/aromatic N) is 3. The van der Waals surface area contributed by atoms with Gasteiger partial charge in [0.1, 0.15) is 0 Å². The van der Waals surface area contributed by atoms with Gasteiger partial charge in [-0.3, -0.25) is 4.79 Å². The van der Waals surface area contributed by atoms with Gasteiger partial charge in [0.2, 0.25) is 0 Å². The van der Waals surface area contributed by atoms with Gasteiger partial charge < -0.3 is 16.0 Å². The second kappa shape index (κ2) is 7.00. The summed E-state index contributed by atoms with van der Waals surface area (Å²) in [5.74, 6) is -0.224. The molecule has 4 rings (SSSR count). The lowest BCUT2D eigenvalue weighted by Crippen LogP contribution is -2.29. The fourth-order valence-electron chi connectivity index (χ4n) is 3.30. The van der Waals surface area contributed by atoms with Gasteiger partial charge in [-0.2, -0.15) is 0 Å². The first kappa shape index (κ1) is 16.3. The number of aromatic nitrogens is 2. The molecule has 1 saturated heterocycles. The number of hydrogen-bond donors (Lipinski definition) is 2. The van der Waals surface area contributed by atoms with Gasteiger partial charge in [-0.25, -0.2) is 9.97 Å². The number of para-hydroxylation sites is 2. The predicted molar refractivity (Wildman–Crippen MR) is 104 cm³/mol. The van der Waals surface area contributed by atoms with Crippen molar-refractivity contribution >= 4 is 34.1 Å². The Labute approximate surface area is 152 Å². The highest BCUT2D eigenvalue weighted by atomic mass is 16.1. The molecule has 0 saturated carbocycles. The SMILES string of the molecule is NC(=O)c1nc2ccccc2nc1Nc1ccc(N2CCCCC2)cc1. The number of primary amides is 1. The Bertz CT molecular complexity index is 933. The molecule has 26 heavy (non-hydrogen) atoms. The van der Waals surface area contributed by atoms with Crippen LogP contribution < -0.4 is 16.0 Å². The van der Waals surface area contributed by atoms with Gasteiger partial charge in [0.15, 0.2) is 11.5 Å². The number of fused-ring (bicyclic) bond motifs is 1. The van der Waals surface area contributed by atoms with Crippen molar-refractivity contribution in [3.63, 3.8) is 0 Å². The standard InChI is InChI=1S/C20H21N5O/c21-19(26)18-20(24-17-7-3-2-6-16(17)23-18)22-14-8-10-15(11-9-14)25-12-4-1-5-13-25/h2-3,6-11H,1,4-5,12-13H2,(H2,21,26)(H,22,24). The molecule has 1 fully saturated rings. The van der Waals surface area contributed by atoms with E-state index in [2.05, 4.69) is 32.3 Å². The Morgan fingerprint density at radius 2 is 1.58 bits per heavy atom. The van der Waals surface area contributed by atoms with Crippen molar-refractivity contribution in [2.75, 3.05) is 23.3 Å². The van der Waals surface area contributed by atoms with Gasteiger partial charge in [-0.1, -0.05) is 12.1 Å². The number of carbonyl (C=O) groups is 1. The summed E-state index contributed by atoms with van der Waals surface area (Å²) < 4.78 is 0. The topological polar surface area (TPSA) is 84.1 Å². The Balaban J connectivity index is 1.61. The van der Waals surface area contributed by atoms with E-state index in [4.69, 9.17) is 5.73 Å². The van der Waals surface area contributed by atoms with Crippen LogP contribution in [-0.2, 0) is 0 Å². The van der Waals surface area contributed by atoms with Crippen LogP contribution in [0.1, 0.15) is 29.8 Å². The third-order valence-corrected chi connectivity index (χ3v) is 4.66. The Morgan fingerprint density at radius 1 is 0.923 bits per heavy atom. The molecule has 1 aliphatic heterocycles. The van der Waals surface area contributed by atoms with Gasteiger partial charge in [0, 0.05) is 24.5 Å². The van der Waals surface area contributed by atoms with E-state index in [1.165, 1.54) is 24.9 Å². The number of amides is 1. The Kier molecular flexibility index (Phi) is 4.39. The lowest BCUT2D eigenvalue weighted by Gasteiger charge is -2.28. The van der Waals surface area contributed by atoms with Crippen LogP contribution in [0.3, 0.4) is 0 Å². The number of rotatable bonds is 4. The van der Waals surface area contributed by atoms with Crippen molar-refractivity contribution in [1.29, 1.82) is 0 Å². The minimum atomic E-state index is -0.601. The average Bonchev–Trinajstić information content (AvgIpc) is 2.68. The minimum Gasteiger partial charge on any atom is -0.372 e. The zero-order valence-corrected chi connectivity index (χ0v) is 14.5. The molecule has 1 aromatic heterocycles. The van der Waals surface area contributed by atoms with Crippen molar-refractivity contribution < 1.29 is 4.79 Å². The molecule has 0 spiro atoms. The largest absolute Gasteiger partial charge is 0.372 e. The number of nitrogens with one attached hydrogen (secondary N) is 1. The summed E-state index contributed by atoms with van der Waals surface area (Å²) in [7, 11) is 0. The molecule has 6 heteroatoms. The van der Waals surface area contributed by atoms with E-state index in [9.17, 15) is 4.79 Å². The van der Waals surface area contributed by atoms with E-state index >= 15 is 0 Å². The molecule has 2 heterocycles. The average molecular weight is 347 g/mol. The van der Waals surface area contributed by atoms with E-state index in [1.807, 2.05) is 36.4 Å². The molecule has 0 radical (unpaired) electrons. The fraction of sp³-hybridized carbons (Fsp3) is 0.250. The first-order valence-corrected chi connectivity index (χ1v) is 8.89. The highest BCUT2D eigenvalue weighted by molar-refractivity contribution is 5.98. The van der Waals surface area contributed by atoms with E-state index in [1.54, 1.807) is 0 Å². The molecule has 0 aliphatic carbocycles. The third-order valence-electron chi connectivity index (χ3n) is 4.66. The van der Waals surface area contributed by atoms with Crippen LogP contribution in [0.5, 0.6) is 0 Å². The van der Waals surface area contributed by atoms with Crippen molar-refractivity contribution in [3.8, 4) is 0 Å². The number of hydrogen-bond acceptors (Lipinski definition) is 5.